The maximum Gasteiger partial charge on any atom is 0.145 e. The molecule has 158 valence electrons. The summed E-state index contributed by atoms with van der Waals surface area (Å²) in [5.74, 6) is 1.45. The Morgan fingerprint density at radius 2 is 1.74 bits per heavy atom. The van der Waals surface area contributed by atoms with Crippen molar-refractivity contribution in [2.45, 2.75) is 20.0 Å². The number of hydrogen-bond acceptors (Lipinski definition) is 7. The van der Waals surface area contributed by atoms with Gasteiger partial charge in [-0.25, -0.2) is 9.97 Å². The summed E-state index contributed by atoms with van der Waals surface area (Å²) >= 11 is 0. The lowest BCUT2D eigenvalue weighted by Gasteiger charge is -2.13. The Morgan fingerprint density at radius 1 is 0.935 bits per heavy atom. The first-order chi connectivity index (χ1) is 15.0. The zero-order valence-electron chi connectivity index (χ0n) is 18.3. The number of nitrogens with one attached hydrogen (secondary N) is 1. The van der Waals surface area contributed by atoms with Crippen molar-refractivity contribution >= 4 is 16.7 Å². The number of fused-ring (bicyclic) bond motifs is 1. The Hall–Kier alpha value is -3.58. The van der Waals surface area contributed by atoms with Gasteiger partial charge in [0.1, 0.15) is 23.4 Å². The molecule has 0 aliphatic rings. The first kappa shape index (κ1) is 20.7. The maximum absolute atomic E-state index is 5.65. The van der Waals surface area contributed by atoms with Crippen molar-refractivity contribution in [2.75, 3.05) is 26.5 Å². The molecule has 0 aliphatic heterocycles. The standard InChI is InChI=1S/C24H26N6O/c1-16-5-10-20(29-28-16)13-25-24-21-11-19(12-22(31-4)23(21)26-15-27-24)18-8-6-17(7-9-18)14-30(2)3/h5-12,15H,13-14H2,1-4H3,(H,25,26,27). The van der Waals surface area contributed by atoms with Gasteiger partial charge in [-0.05, 0) is 62.0 Å². The number of aryl methyl sites for hydroxylation is 1. The first-order valence-electron chi connectivity index (χ1n) is 10.1. The van der Waals surface area contributed by atoms with E-state index in [1.165, 1.54) is 5.56 Å². The Bertz CT molecular complexity index is 1170. The van der Waals surface area contributed by atoms with Gasteiger partial charge in [-0.15, -0.1) is 0 Å². The fourth-order valence-corrected chi connectivity index (χ4v) is 3.46. The molecule has 0 saturated heterocycles. The average molecular weight is 415 g/mol. The Labute approximate surface area is 182 Å². The van der Waals surface area contributed by atoms with E-state index in [0.29, 0.717) is 12.3 Å². The van der Waals surface area contributed by atoms with Crippen molar-refractivity contribution in [1.29, 1.82) is 0 Å². The molecule has 0 unspecified atom stereocenters. The van der Waals surface area contributed by atoms with E-state index in [0.717, 1.165) is 45.8 Å². The van der Waals surface area contributed by atoms with Crippen LogP contribution in [0.15, 0.2) is 54.9 Å². The summed E-state index contributed by atoms with van der Waals surface area (Å²) in [4.78, 5) is 11.1. The third-order valence-electron chi connectivity index (χ3n) is 5.00. The molecule has 0 spiro atoms. The van der Waals surface area contributed by atoms with Crippen molar-refractivity contribution in [3.05, 3.63) is 71.8 Å². The van der Waals surface area contributed by atoms with Crippen molar-refractivity contribution in [2.24, 2.45) is 0 Å². The lowest BCUT2D eigenvalue weighted by molar-refractivity contribution is 0.402. The molecule has 2 aromatic carbocycles. The van der Waals surface area contributed by atoms with E-state index in [9.17, 15) is 0 Å². The molecule has 2 heterocycles. The molecule has 4 rings (SSSR count). The van der Waals surface area contributed by atoms with Gasteiger partial charge in [0.05, 0.1) is 25.0 Å². The smallest absolute Gasteiger partial charge is 0.145 e. The number of benzene rings is 2. The maximum atomic E-state index is 5.65. The van der Waals surface area contributed by atoms with Crippen molar-refractivity contribution < 1.29 is 4.74 Å². The van der Waals surface area contributed by atoms with Crippen molar-refractivity contribution in [3.63, 3.8) is 0 Å². The van der Waals surface area contributed by atoms with Crippen LogP contribution >= 0.6 is 0 Å². The number of nitrogens with zero attached hydrogens (tertiary/aromatic N) is 5. The van der Waals surface area contributed by atoms with E-state index in [4.69, 9.17) is 4.74 Å². The van der Waals surface area contributed by atoms with Crippen LogP contribution in [0.1, 0.15) is 17.0 Å². The number of ether oxygens (including phenoxy) is 1. The summed E-state index contributed by atoms with van der Waals surface area (Å²) in [6.07, 6.45) is 1.55. The highest BCUT2D eigenvalue weighted by Gasteiger charge is 2.12. The molecule has 0 amide bonds. The lowest BCUT2D eigenvalue weighted by atomic mass is 10.0. The van der Waals surface area contributed by atoms with Crippen LogP contribution in [0.2, 0.25) is 0 Å². The third-order valence-corrected chi connectivity index (χ3v) is 5.00. The number of hydrogen-bond donors (Lipinski definition) is 1. The summed E-state index contributed by atoms with van der Waals surface area (Å²) in [7, 11) is 5.80. The average Bonchev–Trinajstić information content (AvgIpc) is 2.78. The second-order valence-electron chi connectivity index (χ2n) is 7.75. The molecule has 0 bridgehead atoms. The van der Waals surface area contributed by atoms with Crippen LogP contribution in [0.5, 0.6) is 5.75 Å². The number of methoxy groups -OCH3 is 1. The number of aromatic nitrogens is 4. The predicted molar refractivity (Wildman–Crippen MR) is 123 cm³/mol. The molecule has 2 aromatic heterocycles. The Morgan fingerprint density at radius 3 is 2.42 bits per heavy atom. The minimum absolute atomic E-state index is 0.519. The van der Waals surface area contributed by atoms with E-state index in [1.54, 1.807) is 13.4 Å². The molecule has 7 nitrogen and oxygen atoms in total. The Balaban J connectivity index is 1.69. The molecule has 7 heteroatoms. The van der Waals surface area contributed by atoms with Gasteiger partial charge in [-0.2, -0.15) is 10.2 Å². The van der Waals surface area contributed by atoms with E-state index in [-0.39, 0.29) is 0 Å². The van der Waals surface area contributed by atoms with E-state index < -0.39 is 0 Å². The van der Waals surface area contributed by atoms with Crippen LogP contribution < -0.4 is 10.1 Å². The highest BCUT2D eigenvalue weighted by atomic mass is 16.5. The van der Waals surface area contributed by atoms with Crippen LogP contribution in [0.3, 0.4) is 0 Å². The van der Waals surface area contributed by atoms with Gasteiger partial charge in [0.2, 0.25) is 0 Å². The predicted octanol–water partition coefficient (Wildman–Crippen LogP) is 4.08. The molecule has 1 N–H and O–H groups in total. The molecule has 0 fully saturated rings. The van der Waals surface area contributed by atoms with Gasteiger partial charge in [0, 0.05) is 11.9 Å². The second-order valence-corrected chi connectivity index (χ2v) is 7.75. The summed E-state index contributed by atoms with van der Waals surface area (Å²) in [5, 5.41) is 12.6. The molecule has 4 aromatic rings. The largest absolute Gasteiger partial charge is 0.494 e. The molecular weight excluding hydrogens is 388 g/mol. The lowest BCUT2D eigenvalue weighted by Crippen LogP contribution is -2.10. The van der Waals surface area contributed by atoms with Crippen molar-refractivity contribution in [3.8, 4) is 16.9 Å². The summed E-state index contributed by atoms with van der Waals surface area (Å²) in [6, 6.07) is 16.6. The SMILES string of the molecule is COc1cc(-c2ccc(CN(C)C)cc2)cc2c(NCc3ccc(C)nn3)ncnc12. The van der Waals surface area contributed by atoms with Crippen LogP contribution in [-0.4, -0.2) is 46.3 Å². The zero-order valence-corrected chi connectivity index (χ0v) is 18.3. The fraction of sp³-hybridized carbons (Fsp3) is 0.250. The summed E-state index contributed by atoms with van der Waals surface area (Å²) < 4.78 is 5.65. The van der Waals surface area contributed by atoms with Gasteiger partial charge in [-0.3, -0.25) is 0 Å². The van der Waals surface area contributed by atoms with Crippen LogP contribution in [0.4, 0.5) is 5.82 Å². The molecule has 0 atom stereocenters. The fourth-order valence-electron chi connectivity index (χ4n) is 3.46. The molecule has 0 radical (unpaired) electrons. The minimum atomic E-state index is 0.519. The topological polar surface area (TPSA) is 76.1 Å². The highest BCUT2D eigenvalue weighted by Crippen LogP contribution is 2.34. The van der Waals surface area contributed by atoms with Gasteiger partial charge >= 0.3 is 0 Å². The first-order valence-corrected chi connectivity index (χ1v) is 10.1. The van der Waals surface area contributed by atoms with Gasteiger partial charge in [-0.1, -0.05) is 24.3 Å². The summed E-state index contributed by atoms with van der Waals surface area (Å²) in [5.41, 5.74) is 5.93. The minimum Gasteiger partial charge on any atom is -0.494 e. The van der Waals surface area contributed by atoms with Gasteiger partial charge in [0.25, 0.3) is 0 Å². The molecule has 0 saturated carbocycles. The monoisotopic (exact) mass is 414 g/mol. The van der Waals surface area contributed by atoms with E-state index in [2.05, 4.69) is 74.8 Å². The molecular formula is C24H26N6O. The molecule has 31 heavy (non-hydrogen) atoms. The van der Waals surface area contributed by atoms with E-state index in [1.807, 2.05) is 25.1 Å². The van der Waals surface area contributed by atoms with Gasteiger partial charge < -0.3 is 15.0 Å². The van der Waals surface area contributed by atoms with Crippen LogP contribution in [0.25, 0.3) is 22.0 Å². The molecule has 0 aliphatic carbocycles. The number of rotatable bonds is 7. The third kappa shape index (κ3) is 4.78. The van der Waals surface area contributed by atoms with Crippen LogP contribution in [-0.2, 0) is 13.1 Å². The Kier molecular flexibility index (Phi) is 6.04. The zero-order chi connectivity index (χ0) is 21.8. The van der Waals surface area contributed by atoms with Gasteiger partial charge in [0.15, 0.2) is 0 Å². The van der Waals surface area contributed by atoms with Crippen molar-refractivity contribution in [1.82, 2.24) is 25.1 Å². The highest BCUT2D eigenvalue weighted by molar-refractivity contribution is 5.96. The second kappa shape index (κ2) is 9.06. The van der Waals surface area contributed by atoms with E-state index >= 15 is 0 Å². The summed E-state index contributed by atoms with van der Waals surface area (Å²) in [6.45, 7) is 3.35. The van der Waals surface area contributed by atoms with Crippen LogP contribution in [0, 0.1) is 6.92 Å². The quantitative estimate of drug-likeness (QED) is 0.488. The normalized spacial score (nSPS) is 11.1. The number of anilines is 1.